The van der Waals surface area contributed by atoms with Gasteiger partial charge in [-0.15, -0.1) is 0 Å². The van der Waals surface area contributed by atoms with Gasteiger partial charge in [0.15, 0.2) is 0 Å². The number of hydrogen-bond donors (Lipinski definition) is 2. The molecule has 3 aromatic rings. The summed E-state index contributed by atoms with van der Waals surface area (Å²) in [5.74, 6) is 1.54. The van der Waals surface area contributed by atoms with Crippen molar-refractivity contribution in [2.45, 2.75) is 0 Å². The van der Waals surface area contributed by atoms with Crippen LogP contribution in [0.2, 0.25) is 0 Å². The average molecular weight is 318 g/mol. The maximum Gasteiger partial charge on any atom is 0.142 e. The monoisotopic (exact) mass is 317 g/mol. The van der Waals surface area contributed by atoms with Crippen LogP contribution in [0.25, 0.3) is 22.4 Å². The van der Waals surface area contributed by atoms with Crippen molar-refractivity contribution >= 4 is 32.7 Å². The van der Waals surface area contributed by atoms with Gasteiger partial charge >= 0.3 is 0 Å². The number of halogens is 1. The number of nitrogens with zero attached hydrogens (tertiary/aromatic N) is 1. The van der Waals surface area contributed by atoms with E-state index in [1.165, 1.54) is 0 Å². The van der Waals surface area contributed by atoms with Crippen LogP contribution in [0.5, 0.6) is 5.75 Å². The van der Waals surface area contributed by atoms with E-state index in [0.717, 1.165) is 32.6 Å². The molecule has 0 saturated carbocycles. The lowest BCUT2D eigenvalue weighted by Crippen LogP contribution is -1.89. The first-order chi connectivity index (χ1) is 9.17. The normalized spacial score (nSPS) is 10.8. The van der Waals surface area contributed by atoms with E-state index in [1.807, 2.05) is 36.4 Å². The molecular weight excluding hydrogens is 306 g/mol. The second kappa shape index (κ2) is 4.59. The van der Waals surface area contributed by atoms with Crippen molar-refractivity contribution in [3.05, 3.63) is 40.9 Å². The molecule has 0 radical (unpaired) electrons. The molecule has 0 aliphatic rings. The second-order valence-electron chi connectivity index (χ2n) is 4.21. The summed E-state index contributed by atoms with van der Waals surface area (Å²) >= 11 is 3.46. The first kappa shape index (κ1) is 12.0. The Morgan fingerprint density at radius 3 is 2.84 bits per heavy atom. The van der Waals surface area contributed by atoms with Gasteiger partial charge in [0.25, 0.3) is 0 Å². The number of nitrogens with two attached hydrogens (primary N) is 1. The highest BCUT2D eigenvalue weighted by Crippen LogP contribution is 2.32. The van der Waals surface area contributed by atoms with Crippen molar-refractivity contribution in [3.8, 4) is 17.1 Å². The van der Waals surface area contributed by atoms with Crippen LogP contribution >= 0.6 is 15.9 Å². The van der Waals surface area contributed by atoms with Crippen molar-refractivity contribution in [3.63, 3.8) is 0 Å². The predicted octanol–water partition coefficient (Wildman–Crippen LogP) is 3.58. The van der Waals surface area contributed by atoms with Gasteiger partial charge in [-0.2, -0.15) is 0 Å². The van der Waals surface area contributed by atoms with Gasteiger partial charge in [-0.05, 0) is 36.4 Å². The highest BCUT2D eigenvalue weighted by atomic mass is 79.9. The number of fused-ring (bicyclic) bond motifs is 1. The fourth-order valence-corrected chi connectivity index (χ4v) is 2.38. The molecule has 0 bridgehead atoms. The van der Waals surface area contributed by atoms with Crippen LogP contribution in [0.1, 0.15) is 0 Å². The zero-order valence-corrected chi connectivity index (χ0v) is 11.9. The van der Waals surface area contributed by atoms with Crippen molar-refractivity contribution < 1.29 is 4.74 Å². The molecule has 5 heteroatoms. The van der Waals surface area contributed by atoms with Crippen molar-refractivity contribution in [1.82, 2.24) is 9.97 Å². The fourth-order valence-electron chi connectivity index (χ4n) is 2.02. The minimum atomic E-state index is 0.712. The number of ether oxygens (including phenoxy) is 1. The third-order valence-electron chi connectivity index (χ3n) is 2.92. The van der Waals surface area contributed by atoms with E-state index in [9.17, 15) is 0 Å². The van der Waals surface area contributed by atoms with Crippen LogP contribution in [0.4, 0.5) is 5.69 Å². The number of nitrogen functional groups attached to an aromatic ring is 1. The molecule has 4 nitrogen and oxygen atoms in total. The number of anilines is 1. The Kier molecular flexibility index (Phi) is 2.91. The van der Waals surface area contributed by atoms with Crippen LogP contribution in [0.3, 0.4) is 0 Å². The molecule has 19 heavy (non-hydrogen) atoms. The Hall–Kier alpha value is -2.01. The number of methoxy groups -OCH3 is 1. The smallest absolute Gasteiger partial charge is 0.142 e. The number of nitrogens with one attached hydrogen (secondary N) is 1. The predicted molar refractivity (Wildman–Crippen MR) is 80.2 cm³/mol. The topological polar surface area (TPSA) is 63.9 Å². The molecule has 0 aliphatic carbocycles. The van der Waals surface area contributed by atoms with Crippen LogP contribution in [0, 0.1) is 0 Å². The van der Waals surface area contributed by atoms with Crippen LogP contribution < -0.4 is 10.5 Å². The lowest BCUT2D eigenvalue weighted by atomic mass is 10.2. The summed E-state index contributed by atoms with van der Waals surface area (Å²) in [4.78, 5) is 7.82. The minimum absolute atomic E-state index is 0.712. The summed E-state index contributed by atoms with van der Waals surface area (Å²) < 4.78 is 6.34. The van der Waals surface area contributed by atoms with Crippen molar-refractivity contribution in [1.29, 1.82) is 0 Å². The quantitative estimate of drug-likeness (QED) is 0.710. The minimum Gasteiger partial charge on any atom is -0.496 e. The van der Waals surface area contributed by atoms with Gasteiger partial charge in [0.05, 0.1) is 23.7 Å². The van der Waals surface area contributed by atoms with Crippen LogP contribution in [0.15, 0.2) is 40.9 Å². The summed E-state index contributed by atoms with van der Waals surface area (Å²) in [6.45, 7) is 0. The van der Waals surface area contributed by atoms with Crippen LogP contribution in [-0.2, 0) is 0 Å². The summed E-state index contributed by atoms with van der Waals surface area (Å²) in [7, 11) is 1.65. The van der Waals surface area contributed by atoms with Gasteiger partial charge in [-0.1, -0.05) is 15.9 Å². The molecule has 1 aromatic heterocycles. The number of aromatic nitrogens is 2. The lowest BCUT2D eigenvalue weighted by molar-refractivity contribution is 0.416. The maximum atomic E-state index is 5.77. The summed E-state index contributed by atoms with van der Waals surface area (Å²) in [5.41, 5.74) is 9.19. The molecule has 3 rings (SSSR count). The number of rotatable bonds is 2. The molecule has 96 valence electrons. The standard InChI is InChI=1S/C14H12BrN3O/c1-19-13-5-2-8(15)6-10(13)14-17-11-4-3-9(16)7-12(11)18-14/h2-7H,16H2,1H3,(H,17,18). The molecule has 3 N–H and O–H groups in total. The summed E-state index contributed by atoms with van der Waals surface area (Å²) in [6, 6.07) is 11.4. The average Bonchev–Trinajstić information content (AvgIpc) is 2.81. The van der Waals surface area contributed by atoms with Crippen molar-refractivity contribution in [2.24, 2.45) is 0 Å². The Bertz CT molecular complexity index is 752. The largest absolute Gasteiger partial charge is 0.496 e. The maximum absolute atomic E-state index is 5.77. The molecule has 0 amide bonds. The van der Waals surface area contributed by atoms with Gasteiger partial charge in [0, 0.05) is 10.2 Å². The van der Waals surface area contributed by atoms with Gasteiger partial charge in [0.2, 0.25) is 0 Å². The molecular formula is C14H12BrN3O. The van der Waals surface area contributed by atoms with E-state index >= 15 is 0 Å². The summed E-state index contributed by atoms with van der Waals surface area (Å²) in [5, 5.41) is 0. The highest BCUT2D eigenvalue weighted by Gasteiger charge is 2.11. The Labute approximate surface area is 118 Å². The lowest BCUT2D eigenvalue weighted by Gasteiger charge is -2.06. The molecule has 2 aromatic carbocycles. The number of imidazole rings is 1. The van der Waals surface area contributed by atoms with Gasteiger partial charge < -0.3 is 15.5 Å². The molecule has 1 heterocycles. The summed E-state index contributed by atoms with van der Waals surface area (Å²) in [6.07, 6.45) is 0. The fraction of sp³-hybridized carbons (Fsp3) is 0.0714. The molecule has 0 fully saturated rings. The van der Waals surface area contributed by atoms with E-state index in [1.54, 1.807) is 7.11 Å². The van der Waals surface area contributed by atoms with E-state index in [0.29, 0.717) is 5.69 Å². The number of benzene rings is 2. The van der Waals surface area contributed by atoms with E-state index < -0.39 is 0 Å². The van der Waals surface area contributed by atoms with Gasteiger partial charge in [0.1, 0.15) is 11.6 Å². The third-order valence-corrected chi connectivity index (χ3v) is 3.42. The van der Waals surface area contributed by atoms with E-state index in [-0.39, 0.29) is 0 Å². The Morgan fingerprint density at radius 1 is 1.21 bits per heavy atom. The molecule has 0 atom stereocenters. The first-order valence-electron chi connectivity index (χ1n) is 5.76. The first-order valence-corrected chi connectivity index (χ1v) is 6.56. The highest BCUT2D eigenvalue weighted by molar-refractivity contribution is 9.10. The number of hydrogen-bond acceptors (Lipinski definition) is 3. The van der Waals surface area contributed by atoms with Gasteiger partial charge in [-0.25, -0.2) is 4.98 Å². The zero-order chi connectivity index (χ0) is 13.4. The third kappa shape index (κ3) is 2.17. The molecule has 0 aliphatic heterocycles. The number of H-pyrrole nitrogens is 1. The van der Waals surface area contributed by atoms with E-state index in [4.69, 9.17) is 10.5 Å². The van der Waals surface area contributed by atoms with Crippen molar-refractivity contribution in [2.75, 3.05) is 12.8 Å². The zero-order valence-electron chi connectivity index (χ0n) is 10.3. The SMILES string of the molecule is COc1ccc(Br)cc1-c1nc2ccc(N)cc2[nH]1. The molecule has 0 saturated heterocycles. The van der Waals surface area contributed by atoms with Gasteiger partial charge in [-0.3, -0.25) is 0 Å². The second-order valence-corrected chi connectivity index (χ2v) is 5.12. The van der Waals surface area contributed by atoms with Crippen LogP contribution in [-0.4, -0.2) is 17.1 Å². The van der Waals surface area contributed by atoms with E-state index in [2.05, 4.69) is 25.9 Å². The number of aromatic amines is 1. The Balaban J connectivity index is 2.21. The Morgan fingerprint density at radius 2 is 2.05 bits per heavy atom. The molecule has 0 spiro atoms. The molecule has 0 unspecified atom stereocenters.